The Balaban J connectivity index is 2.99. The van der Waals surface area contributed by atoms with Crippen LogP contribution in [0.15, 0.2) is 0 Å². The maximum absolute atomic E-state index is 9.00. The summed E-state index contributed by atoms with van der Waals surface area (Å²) in [5.41, 5.74) is 0. The lowest BCUT2D eigenvalue weighted by molar-refractivity contribution is 0.00552. The standard InChI is InChI=1S/C9H19ClO3/c1-8(2)6-12-3-4-13-7-9(11)5-10/h8-9,11H,3-7H2,1-2H3. The fraction of sp³-hybridized carbons (Fsp3) is 1.00. The lowest BCUT2D eigenvalue weighted by Crippen LogP contribution is -2.19. The predicted molar refractivity (Wildman–Crippen MR) is 53.2 cm³/mol. The maximum atomic E-state index is 9.00. The van der Waals surface area contributed by atoms with Crippen LogP contribution in [0.2, 0.25) is 0 Å². The Hall–Kier alpha value is 0.170. The molecule has 0 fully saturated rings. The van der Waals surface area contributed by atoms with Gasteiger partial charge >= 0.3 is 0 Å². The molecule has 13 heavy (non-hydrogen) atoms. The van der Waals surface area contributed by atoms with Crippen molar-refractivity contribution in [3.63, 3.8) is 0 Å². The fourth-order valence-electron chi connectivity index (χ4n) is 0.701. The van der Waals surface area contributed by atoms with Crippen molar-refractivity contribution < 1.29 is 14.6 Å². The molecule has 0 aromatic rings. The summed E-state index contributed by atoms with van der Waals surface area (Å²) in [5, 5.41) is 9.00. The normalized spacial score (nSPS) is 13.6. The molecule has 1 atom stereocenters. The van der Waals surface area contributed by atoms with Crippen LogP contribution in [-0.2, 0) is 9.47 Å². The Bertz CT molecular complexity index is 109. The van der Waals surface area contributed by atoms with E-state index in [1.165, 1.54) is 0 Å². The van der Waals surface area contributed by atoms with Crippen LogP contribution in [0.5, 0.6) is 0 Å². The summed E-state index contributed by atoms with van der Waals surface area (Å²) < 4.78 is 10.4. The van der Waals surface area contributed by atoms with E-state index in [2.05, 4.69) is 13.8 Å². The topological polar surface area (TPSA) is 38.7 Å². The minimum Gasteiger partial charge on any atom is -0.389 e. The molecule has 0 amide bonds. The molecule has 0 saturated carbocycles. The second kappa shape index (κ2) is 8.75. The van der Waals surface area contributed by atoms with Gasteiger partial charge in [-0.1, -0.05) is 13.8 Å². The van der Waals surface area contributed by atoms with Crippen LogP contribution < -0.4 is 0 Å². The van der Waals surface area contributed by atoms with Crippen molar-refractivity contribution in [3.05, 3.63) is 0 Å². The molecular weight excluding hydrogens is 192 g/mol. The van der Waals surface area contributed by atoms with Crippen LogP contribution in [0.4, 0.5) is 0 Å². The fourth-order valence-corrected chi connectivity index (χ4v) is 0.790. The van der Waals surface area contributed by atoms with Gasteiger partial charge in [0.1, 0.15) is 0 Å². The average Bonchev–Trinajstić information content (AvgIpc) is 2.10. The first-order valence-corrected chi connectivity index (χ1v) is 5.09. The van der Waals surface area contributed by atoms with Crippen molar-refractivity contribution in [2.45, 2.75) is 20.0 Å². The highest BCUT2D eigenvalue weighted by Crippen LogP contribution is 1.93. The van der Waals surface area contributed by atoms with Crippen LogP contribution in [-0.4, -0.2) is 43.5 Å². The number of ether oxygens (including phenoxy) is 2. The minimum atomic E-state index is -0.563. The van der Waals surface area contributed by atoms with E-state index in [-0.39, 0.29) is 12.5 Å². The Morgan fingerprint density at radius 3 is 2.15 bits per heavy atom. The quantitative estimate of drug-likeness (QED) is 0.485. The number of aliphatic hydroxyl groups excluding tert-OH is 1. The highest BCUT2D eigenvalue weighted by Gasteiger charge is 2.00. The summed E-state index contributed by atoms with van der Waals surface area (Å²) in [5.74, 6) is 0.765. The van der Waals surface area contributed by atoms with Gasteiger partial charge in [0.15, 0.2) is 0 Å². The second-order valence-electron chi connectivity index (χ2n) is 3.35. The van der Waals surface area contributed by atoms with Gasteiger partial charge in [0, 0.05) is 6.61 Å². The zero-order valence-electron chi connectivity index (χ0n) is 8.33. The third-order valence-electron chi connectivity index (χ3n) is 1.31. The van der Waals surface area contributed by atoms with Crippen LogP contribution in [0.3, 0.4) is 0 Å². The van der Waals surface area contributed by atoms with Crippen molar-refractivity contribution >= 4 is 11.6 Å². The largest absolute Gasteiger partial charge is 0.389 e. The van der Waals surface area contributed by atoms with Gasteiger partial charge in [-0.2, -0.15) is 0 Å². The summed E-state index contributed by atoms with van der Waals surface area (Å²) in [7, 11) is 0. The highest BCUT2D eigenvalue weighted by atomic mass is 35.5. The number of alkyl halides is 1. The van der Waals surface area contributed by atoms with E-state index in [0.29, 0.717) is 19.1 Å². The van der Waals surface area contributed by atoms with Gasteiger partial charge in [-0.15, -0.1) is 11.6 Å². The van der Waals surface area contributed by atoms with Crippen LogP contribution in [0.1, 0.15) is 13.8 Å². The van der Waals surface area contributed by atoms with Crippen molar-refractivity contribution in [2.75, 3.05) is 32.3 Å². The van der Waals surface area contributed by atoms with E-state index in [4.69, 9.17) is 26.2 Å². The smallest absolute Gasteiger partial charge is 0.0908 e. The molecule has 80 valence electrons. The minimum absolute atomic E-state index is 0.215. The van der Waals surface area contributed by atoms with Gasteiger partial charge < -0.3 is 14.6 Å². The van der Waals surface area contributed by atoms with Crippen LogP contribution in [0.25, 0.3) is 0 Å². The zero-order chi connectivity index (χ0) is 10.1. The molecule has 1 N–H and O–H groups in total. The van der Waals surface area contributed by atoms with Gasteiger partial charge in [0.2, 0.25) is 0 Å². The summed E-state index contributed by atoms with van der Waals surface area (Å²) >= 11 is 5.37. The van der Waals surface area contributed by atoms with E-state index < -0.39 is 6.10 Å². The molecule has 0 bridgehead atoms. The number of hydrogen-bond acceptors (Lipinski definition) is 3. The first-order valence-electron chi connectivity index (χ1n) is 4.56. The SMILES string of the molecule is CC(C)COCCOCC(O)CCl. The van der Waals surface area contributed by atoms with Crippen LogP contribution >= 0.6 is 11.6 Å². The van der Waals surface area contributed by atoms with Crippen molar-refractivity contribution in [1.82, 2.24) is 0 Å². The van der Waals surface area contributed by atoms with E-state index in [1.807, 2.05) is 0 Å². The van der Waals surface area contributed by atoms with Crippen molar-refractivity contribution in [3.8, 4) is 0 Å². The third-order valence-corrected chi connectivity index (χ3v) is 1.67. The number of aliphatic hydroxyl groups is 1. The number of rotatable bonds is 8. The summed E-state index contributed by atoms with van der Waals surface area (Å²) in [6, 6.07) is 0. The summed E-state index contributed by atoms with van der Waals surface area (Å²) in [6.07, 6.45) is -0.563. The molecule has 0 aromatic carbocycles. The maximum Gasteiger partial charge on any atom is 0.0908 e. The summed E-state index contributed by atoms with van der Waals surface area (Å²) in [4.78, 5) is 0. The molecule has 0 heterocycles. The monoisotopic (exact) mass is 210 g/mol. The van der Waals surface area contributed by atoms with Gasteiger partial charge in [-0.3, -0.25) is 0 Å². The highest BCUT2D eigenvalue weighted by molar-refractivity contribution is 6.18. The first-order chi connectivity index (χ1) is 6.16. The molecule has 0 rings (SSSR count). The van der Waals surface area contributed by atoms with E-state index in [9.17, 15) is 0 Å². The Morgan fingerprint density at radius 2 is 1.69 bits per heavy atom. The van der Waals surface area contributed by atoms with Gasteiger partial charge in [0.25, 0.3) is 0 Å². The van der Waals surface area contributed by atoms with Crippen molar-refractivity contribution in [2.24, 2.45) is 5.92 Å². The Labute approximate surface area is 85.0 Å². The predicted octanol–water partition coefficient (Wildman–Crippen LogP) is 1.28. The second-order valence-corrected chi connectivity index (χ2v) is 3.66. The van der Waals surface area contributed by atoms with Crippen molar-refractivity contribution in [1.29, 1.82) is 0 Å². The summed E-state index contributed by atoms with van der Waals surface area (Å²) in [6.45, 7) is 6.32. The third kappa shape index (κ3) is 10.1. The molecule has 0 saturated heterocycles. The molecule has 0 aromatic heterocycles. The van der Waals surface area contributed by atoms with Gasteiger partial charge in [-0.25, -0.2) is 0 Å². The average molecular weight is 211 g/mol. The van der Waals surface area contributed by atoms with Crippen LogP contribution in [0, 0.1) is 5.92 Å². The molecule has 0 aliphatic carbocycles. The molecular formula is C9H19ClO3. The van der Waals surface area contributed by atoms with E-state index >= 15 is 0 Å². The number of halogens is 1. The molecule has 0 aliphatic rings. The molecule has 1 unspecified atom stereocenters. The first kappa shape index (κ1) is 13.2. The van der Waals surface area contributed by atoms with Gasteiger partial charge in [0.05, 0.1) is 31.8 Å². The van der Waals surface area contributed by atoms with Gasteiger partial charge in [-0.05, 0) is 5.92 Å². The Morgan fingerprint density at radius 1 is 1.15 bits per heavy atom. The molecule has 0 spiro atoms. The zero-order valence-corrected chi connectivity index (χ0v) is 9.09. The number of hydrogen-bond donors (Lipinski definition) is 1. The van der Waals surface area contributed by atoms with E-state index in [0.717, 1.165) is 6.61 Å². The molecule has 0 aliphatic heterocycles. The molecule has 4 heteroatoms. The molecule has 3 nitrogen and oxygen atoms in total. The lowest BCUT2D eigenvalue weighted by atomic mass is 10.2. The lowest BCUT2D eigenvalue weighted by Gasteiger charge is -2.09. The molecule has 0 radical (unpaired) electrons. The Kier molecular flexibility index (Phi) is 8.87. The van der Waals surface area contributed by atoms with E-state index in [1.54, 1.807) is 0 Å².